The Morgan fingerprint density at radius 1 is 0.667 bits per heavy atom. The number of carbonyl (C=O) groups is 1. The molecule has 0 fully saturated rings. The monoisotopic (exact) mass is 353 g/mol. The van der Waals surface area contributed by atoms with Crippen LogP contribution in [0.15, 0.2) is 103 Å². The first-order valence-corrected chi connectivity index (χ1v) is 8.86. The highest BCUT2D eigenvalue weighted by molar-refractivity contribution is 6.03. The number of carbonyl (C=O) groups excluding carboxylic acids is 1. The van der Waals surface area contributed by atoms with Crippen molar-refractivity contribution >= 4 is 28.1 Å². The molecular weight excluding hydrogens is 334 g/mol. The first-order valence-electron chi connectivity index (χ1n) is 8.86. The van der Waals surface area contributed by atoms with E-state index in [0.29, 0.717) is 5.75 Å². The number of amides is 1. The fourth-order valence-corrected chi connectivity index (χ4v) is 3.06. The van der Waals surface area contributed by atoms with Gasteiger partial charge in [-0.15, -0.1) is 0 Å². The van der Waals surface area contributed by atoms with Crippen molar-refractivity contribution < 1.29 is 9.53 Å². The molecule has 0 aliphatic carbocycles. The fourth-order valence-electron chi connectivity index (χ4n) is 3.06. The van der Waals surface area contributed by atoms with Gasteiger partial charge in [-0.3, -0.25) is 9.69 Å². The summed E-state index contributed by atoms with van der Waals surface area (Å²) in [5.74, 6) is 0.553. The van der Waals surface area contributed by atoms with E-state index in [9.17, 15) is 4.79 Å². The second-order valence-electron chi connectivity index (χ2n) is 6.20. The second kappa shape index (κ2) is 7.75. The van der Waals surface area contributed by atoms with Gasteiger partial charge >= 0.3 is 0 Å². The molecule has 0 N–H and O–H groups in total. The van der Waals surface area contributed by atoms with Crippen LogP contribution in [0.5, 0.6) is 5.75 Å². The van der Waals surface area contributed by atoms with E-state index in [-0.39, 0.29) is 12.5 Å². The highest BCUT2D eigenvalue weighted by Crippen LogP contribution is 2.29. The van der Waals surface area contributed by atoms with Gasteiger partial charge in [0.25, 0.3) is 5.91 Å². The predicted molar refractivity (Wildman–Crippen MR) is 109 cm³/mol. The molecule has 1 amide bonds. The minimum atomic E-state index is -0.125. The van der Waals surface area contributed by atoms with E-state index in [2.05, 4.69) is 6.07 Å². The normalized spacial score (nSPS) is 10.5. The summed E-state index contributed by atoms with van der Waals surface area (Å²) in [5, 5.41) is 2.23. The average molecular weight is 353 g/mol. The standard InChI is InChI=1S/C24H19NO2/c26-24(18-27-23-13-5-2-6-14-23)25(21-11-3-1-4-12-21)22-16-15-19-9-7-8-10-20(19)17-22/h1-17H,18H2. The van der Waals surface area contributed by atoms with Gasteiger partial charge in [-0.1, -0.05) is 66.7 Å². The molecule has 0 aliphatic heterocycles. The van der Waals surface area contributed by atoms with Gasteiger partial charge in [-0.05, 0) is 47.2 Å². The Morgan fingerprint density at radius 3 is 2.04 bits per heavy atom. The minimum Gasteiger partial charge on any atom is -0.484 e. The number of nitrogens with zero attached hydrogens (tertiary/aromatic N) is 1. The molecule has 4 aromatic carbocycles. The third kappa shape index (κ3) is 3.82. The molecule has 3 nitrogen and oxygen atoms in total. The summed E-state index contributed by atoms with van der Waals surface area (Å²) in [6.45, 7) is -0.0360. The number of rotatable bonds is 5. The van der Waals surface area contributed by atoms with Crippen LogP contribution in [0.25, 0.3) is 10.8 Å². The smallest absolute Gasteiger partial charge is 0.269 e. The quantitative estimate of drug-likeness (QED) is 0.468. The van der Waals surface area contributed by atoms with E-state index in [4.69, 9.17) is 4.74 Å². The highest BCUT2D eigenvalue weighted by atomic mass is 16.5. The maximum absolute atomic E-state index is 13.1. The van der Waals surface area contributed by atoms with Crippen molar-refractivity contribution in [3.63, 3.8) is 0 Å². The number of anilines is 2. The predicted octanol–water partition coefficient (Wildman–Crippen LogP) is 5.58. The lowest BCUT2D eigenvalue weighted by molar-refractivity contribution is -0.119. The van der Waals surface area contributed by atoms with Crippen molar-refractivity contribution in [1.82, 2.24) is 0 Å². The van der Waals surface area contributed by atoms with Crippen LogP contribution >= 0.6 is 0 Å². The summed E-state index contributed by atoms with van der Waals surface area (Å²) in [4.78, 5) is 14.8. The molecule has 0 saturated carbocycles. The van der Waals surface area contributed by atoms with Gasteiger partial charge in [0.05, 0.1) is 0 Å². The van der Waals surface area contributed by atoms with Crippen LogP contribution in [0.1, 0.15) is 0 Å². The number of hydrogen-bond acceptors (Lipinski definition) is 2. The van der Waals surface area contributed by atoms with Crippen molar-refractivity contribution in [3.05, 3.63) is 103 Å². The van der Waals surface area contributed by atoms with E-state index in [1.807, 2.05) is 97.1 Å². The lowest BCUT2D eigenvalue weighted by atomic mass is 10.1. The molecule has 0 aliphatic rings. The Morgan fingerprint density at radius 2 is 1.30 bits per heavy atom. The Hall–Kier alpha value is -3.59. The van der Waals surface area contributed by atoms with E-state index in [1.165, 1.54) is 0 Å². The molecule has 0 aromatic heterocycles. The number of ether oxygens (including phenoxy) is 1. The van der Waals surface area contributed by atoms with Crippen molar-refractivity contribution in [2.45, 2.75) is 0 Å². The zero-order valence-electron chi connectivity index (χ0n) is 14.8. The molecule has 4 aromatic rings. The topological polar surface area (TPSA) is 29.5 Å². The largest absolute Gasteiger partial charge is 0.484 e. The minimum absolute atomic E-state index is 0.0360. The molecule has 0 atom stereocenters. The van der Waals surface area contributed by atoms with Gasteiger partial charge in [0, 0.05) is 11.4 Å². The lowest BCUT2D eigenvalue weighted by Crippen LogP contribution is -2.30. The fraction of sp³-hybridized carbons (Fsp3) is 0.0417. The molecule has 4 rings (SSSR count). The summed E-state index contributed by atoms with van der Waals surface area (Å²) in [6, 6.07) is 33.2. The highest BCUT2D eigenvalue weighted by Gasteiger charge is 2.19. The Bertz CT molecular complexity index is 1050. The zero-order chi connectivity index (χ0) is 18.5. The molecule has 27 heavy (non-hydrogen) atoms. The van der Waals surface area contributed by atoms with Crippen molar-refractivity contribution in [3.8, 4) is 5.75 Å². The molecule has 132 valence electrons. The summed E-state index contributed by atoms with van der Waals surface area (Å²) >= 11 is 0. The van der Waals surface area contributed by atoms with E-state index >= 15 is 0 Å². The number of para-hydroxylation sites is 2. The van der Waals surface area contributed by atoms with E-state index in [0.717, 1.165) is 22.1 Å². The van der Waals surface area contributed by atoms with Crippen molar-refractivity contribution in [2.75, 3.05) is 11.5 Å². The number of benzene rings is 4. The van der Waals surface area contributed by atoms with Crippen LogP contribution in [-0.2, 0) is 4.79 Å². The van der Waals surface area contributed by atoms with E-state index in [1.54, 1.807) is 4.90 Å². The summed E-state index contributed by atoms with van der Waals surface area (Å²) in [6.07, 6.45) is 0. The molecule has 0 bridgehead atoms. The van der Waals surface area contributed by atoms with Crippen molar-refractivity contribution in [1.29, 1.82) is 0 Å². The third-order valence-corrected chi connectivity index (χ3v) is 4.36. The average Bonchev–Trinajstić information content (AvgIpc) is 2.74. The van der Waals surface area contributed by atoms with Crippen LogP contribution in [-0.4, -0.2) is 12.5 Å². The first kappa shape index (κ1) is 16.9. The van der Waals surface area contributed by atoms with Crippen LogP contribution in [0.3, 0.4) is 0 Å². The molecule has 3 heteroatoms. The van der Waals surface area contributed by atoms with Gasteiger partial charge in [-0.2, -0.15) is 0 Å². The maximum Gasteiger partial charge on any atom is 0.269 e. The molecule has 0 unspecified atom stereocenters. The second-order valence-corrected chi connectivity index (χ2v) is 6.20. The van der Waals surface area contributed by atoms with Crippen LogP contribution in [0.2, 0.25) is 0 Å². The molecule has 0 spiro atoms. The van der Waals surface area contributed by atoms with E-state index < -0.39 is 0 Å². The Labute approximate surface area is 158 Å². The first-order chi connectivity index (χ1) is 13.3. The Kier molecular flexibility index (Phi) is 4.84. The van der Waals surface area contributed by atoms with Crippen molar-refractivity contribution in [2.24, 2.45) is 0 Å². The number of fused-ring (bicyclic) bond motifs is 1. The molecule has 0 saturated heterocycles. The van der Waals surface area contributed by atoms with Gasteiger partial charge in [0.2, 0.25) is 0 Å². The Balaban J connectivity index is 1.67. The third-order valence-electron chi connectivity index (χ3n) is 4.36. The molecule has 0 heterocycles. The number of hydrogen-bond donors (Lipinski definition) is 0. The zero-order valence-corrected chi connectivity index (χ0v) is 14.8. The van der Waals surface area contributed by atoms with Gasteiger partial charge in [0.15, 0.2) is 6.61 Å². The van der Waals surface area contributed by atoms with Crippen LogP contribution < -0.4 is 9.64 Å². The molecule has 0 radical (unpaired) electrons. The van der Waals surface area contributed by atoms with Crippen LogP contribution in [0, 0.1) is 0 Å². The summed E-state index contributed by atoms with van der Waals surface area (Å²) in [7, 11) is 0. The summed E-state index contributed by atoms with van der Waals surface area (Å²) in [5.41, 5.74) is 1.64. The van der Waals surface area contributed by atoms with Crippen LogP contribution in [0.4, 0.5) is 11.4 Å². The van der Waals surface area contributed by atoms with Gasteiger partial charge in [0.1, 0.15) is 5.75 Å². The summed E-state index contributed by atoms with van der Waals surface area (Å²) < 4.78 is 5.69. The molecular formula is C24H19NO2. The SMILES string of the molecule is O=C(COc1ccccc1)N(c1ccccc1)c1ccc2ccccc2c1. The van der Waals surface area contributed by atoms with Gasteiger partial charge in [-0.25, -0.2) is 0 Å². The maximum atomic E-state index is 13.1. The lowest BCUT2D eigenvalue weighted by Gasteiger charge is -2.23. The van der Waals surface area contributed by atoms with Gasteiger partial charge < -0.3 is 4.74 Å².